The largest absolute Gasteiger partial charge is 0.426 e. The Morgan fingerprint density at radius 2 is 1.59 bits per heavy atom. The third kappa shape index (κ3) is 4.54. The van der Waals surface area contributed by atoms with Gasteiger partial charge in [-0.05, 0) is 34.7 Å². The zero-order valence-corrected chi connectivity index (χ0v) is 16.7. The summed E-state index contributed by atoms with van der Waals surface area (Å²) in [6.45, 7) is 0.450. The Hall–Kier alpha value is -2.99. The molecule has 1 unspecified atom stereocenters. The first kappa shape index (κ1) is 20.7. The number of nitrogens with two attached hydrogens (primary N) is 1. The van der Waals surface area contributed by atoms with Crippen molar-refractivity contribution < 1.29 is 26.3 Å². The number of carbonyl (C=O) groups excluding carboxylic acids is 1. The quantitative estimate of drug-likeness (QED) is 0.378. The van der Waals surface area contributed by atoms with E-state index in [9.17, 15) is 4.79 Å². The fraction of sp³-hybridized carbons (Fsp3) is 0.0833. The molecule has 4 aromatic rings. The molecule has 0 spiro atoms. The molecule has 3 aromatic carbocycles. The van der Waals surface area contributed by atoms with Crippen LogP contribution in [0.4, 0.5) is 0 Å². The van der Waals surface area contributed by atoms with Gasteiger partial charge in [0.05, 0.1) is 5.69 Å². The van der Waals surface area contributed by atoms with Gasteiger partial charge in [0.15, 0.2) is 0 Å². The van der Waals surface area contributed by atoms with Gasteiger partial charge in [0, 0.05) is 34.9 Å². The van der Waals surface area contributed by atoms with Crippen molar-refractivity contribution in [1.29, 1.82) is 0 Å². The summed E-state index contributed by atoms with van der Waals surface area (Å²) in [5.41, 5.74) is 8.23. The number of fused-ring (bicyclic) bond motifs is 1. The normalized spacial score (nSPS) is 11.5. The molecule has 2 N–H and O–H groups in total. The second-order valence-corrected chi connectivity index (χ2v) is 6.53. The van der Waals surface area contributed by atoms with Crippen molar-refractivity contribution in [3.05, 3.63) is 108 Å². The number of benzene rings is 3. The van der Waals surface area contributed by atoms with E-state index < -0.39 is 5.92 Å². The first-order valence-electron chi connectivity index (χ1n) is 9.15. The van der Waals surface area contributed by atoms with Gasteiger partial charge in [-0.1, -0.05) is 66.7 Å². The Balaban J connectivity index is 0.00000240. The summed E-state index contributed by atoms with van der Waals surface area (Å²) in [4.78, 5) is 17.8. The molecule has 5 heteroatoms. The number of nitrogens with zero attached hydrogens (tertiary/aromatic N) is 1. The van der Waals surface area contributed by atoms with Crippen molar-refractivity contribution in [3.63, 3.8) is 0 Å². The monoisotopic (exact) mass is 427 g/mol. The predicted molar refractivity (Wildman–Crippen MR) is 110 cm³/mol. The number of para-hydroxylation sites is 1. The van der Waals surface area contributed by atoms with Crippen LogP contribution >= 0.6 is 0 Å². The van der Waals surface area contributed by atoms with E-state index in [1.165, 1.54) is 0 Å². The smallest absolute Gasteiger partial charge is 0.324 e. The van der Waals surface area contributed by atoms with Gasteiger partial charge in [-0.15, -0.1) is 0 Å². The summed E-state index contributed by atoms with van der Waals surface area (Å²) in [6.07, 6.45) is 1.73. The van der Waals surface area contributed by atoms with Gasteiger partial charge in [-0.2, -0.15) is 0 Å². The molecule has 0 aliphatic heterocycles. The van der Waals surface area contributed by atoms with Gasteiger partial charge in [0.1, 0.15) is 11.7 Å². The molecule has 0 aliphatic rings. The van der Waals surface area contributed by atoms with E-state index in [-0.39, 0.29) is 22.7 Å². The first-order chi connectivity index (χ1) is 13.8. The molecule has 1 radical (unpaired) electrons. The summed E-state index contributed by atoms with van der Waals surface area (Å²) in [5, 5.41) is 1.96. The Labute approximate surface area is 179 Å². The molecule has 147 valence electrons. The Morgan fingerprint density at radius 3 is 2.31 bits per heavy atom. The fourth-order valence-electron chi connectivity index (χ4n) is 3.29. The van der Waals surface area contributed by atoms with Crippen molar-refractivity contribution >= 4 is 16.7 Å². The number of carbonyl (C=O) groups is 1. The van der Waals surface area contributed by atoms with E-state index in [2.05, 4.69) is 4.98 Å². The van der Waals surface area contributed by atoms with Crippen molar-refractivity contribution in [2.75, 3.05) is 0 Å². The molecule has 0 aliphatic carbocycles. The van der Waals surface area contributed by atoms with Gasteiger partial charge in [-0.3, -0.25) is 9.78 Å². The van der Waals surface area contributed by atoms with Gasteiger partial charge in [0.25, 0.3) is 0 Å². The second-order valence-electron chi connectivity index (χ2n) is 6.53. The summed E-state index contributed by atoms with van der Waals surface area (Å²) >= 11 is 0. The van der Waals surface area contributed by atoms with Crippen LogP contribution in [0.3, 0.4) is 0 Å². The minimum absolute atomic E-state index is 0. The predicted octanol–water partition coefficient (Wildman–Crippen LogP) is 4.43. The molecule has 29 heavy (non-hydrogen) atoms. The van der Waals surface area contributed by atoms with Crippen LogP contribution in [-0.2, 0) is 28.1 Å². The molecule has 0 fully saturated rings. The molecular formula is C24H20CoN2O2. The molecule has 4 nitrogen and oxygen atoms in total. The fourth-order valence-corrected chi connectivity index (χ4v) is 3.29. The Morgan fingerprint density at radius 1 is 0.897 bits per heavy atom. The molecule has 1 atom stereocenters. The number of ether oxygens (including phenoxy) is 1. The van der Waals surface area contributed by atoms with E-state index in [0.29, 0.717) is 18.0 Å². The average molecular weight is 427 g/mol. The van der Waals surface area contributed by atoms with Crippen LogP contribution in [0.15, 0.2) is 91.1 Å². The molecule has 1 aromatic heterocycles. The van der Waals surface area contributed by atoms with Crippen molar-refractivity contribution in [1.82, 2.24) is 4.98 Å². The van der Waals surface area contributed by atoms with E-state index >= 15 is 0 Å². The first-order valence-corrected chi connectivity index (χ1v) is 9.15. The molecule has 0 bridgehead atoms. The number of aromatic nitrogens is 1. The maximum absolute atomic E-state index is 13.2. The van der Waals surface area contributed by atoms with Crippen molar-refractivity contribution in [3.8, 4) is 5.75 Å². The number of pyridine rings is 1. The van der Waals surface area contributed by atoms with Gasteiger partial charge in [-0.25, -0.2) is 0 Å². The molecule has 0 amide bonds. The van der Waals surface area contributed by atoms with Gasteiger partial charge < -0.3 is 10.5 Å². The minimum atomic E-state index is -0.641. The van der Waals surface area contributed by atoms with Crippen LogP contribution in [0.25, 0.3) is 10.8 Å². The van der Waals surface area contributed by atoms with E-state index in [4.69, 9.17) is 10.5 Å². The third-order valence-electron chi connectivity index (χ3n) is 4.72. The Kier molecular flexibility index (Phi) is 6.77. The number of hydrogen-bond donors (Lipinski definition) is 1. The third-order valence-corrected chi connectivity index (χ3v) is 4.72. The number of hydrogen-bond acceptors (Lipinski definition) is 4. The van der Waals surface area contributed by atoms with Crippen LogP contribution in [0.2, 0.25) is 0 Å². The average Bonchev–Trinajstić information content (AvgIpc) is 2.75. The zero-order chi connectivity index (χ0) is 19.3. The molecule has 0 saturated carbocycles. The van der Waals surface area contributed by atoms with Crippen molar-refractivity contribution in [2.24, 2.45) is 5.73 Å². The zero-order valence-electron chi connectivity index (χ0n) is 15.6. The van der Waals surface area contributed by atoms with Crippen LogP contribution in [-0.4, -0.2) is 11.0 Å². The van der Waals surface area contributed by atoms with E-state index in [0.717, 1.165) is 21.9 Å². The topological polar surface area (TPSA) is 65.2 Å². The van der Waals surface area contributed by atoms with Crippen LogP contribution in [0.1, 0.15) is 22.7 Å². The summed E-state index contributed by atoms with van der Waals surface area (Å²) in [5.74, 6) is -0.495. The SMILES string of the molecule is NCc1ccc(C(C(=O)Oc2ccccc2)c2nccc3ccccc23)cc1.[Co]. The maximum Gasteiger partial charge on any atom is 0.324 e. The van der Waals surface area contributed by atoms with Gasteiger partial charge >= 0.3 is 5.97 Å². The molecular weight excluding hydrogens is 407 g/mol. The Bertz CT molecular complexity index is 1090. The number of esters is 1. The van der Waals surface area contributed by atoms with Crippen LogP contribution in [0.5, 0.6) is 5.75 Å². The number of rotatable bonds is 5. The van der Waals surface area contributed by atoms with Crippen molar-refractivity contribution in [2.45, 2.75) is 12.5 Å². The van der Waals surface area contributed by atoms with E-state index in [1.54, 1.807) is 18.3 Å². The molecule has 1 heterocycles. The summed E-state index contributed by atoms with van der Waals surface area (Å²) in [7, 11) is 0. The second kappa shape index (κ2) is 9.47. The summed E-state index contributed by atoms with van der Waals surface area (Å²) in [6, 6.07) is 26.6. The summed E-state index contributed by atoms with van der Waals surface area (Å²) < 4.78 is 5.69. The molecule has 0 saturated heterocycles. The van der Waals surface area contributed by atoms with Gasteiger partial charge in [0.2, 0.25) is 0 Å². The maximum atomic E-state index is 13.2. The standard InChI is InChI=1S/C24H20N2O2.Co/c25-16-17-10-12-19(13-11-17)22(24(27)28-20-7-2-1-3-8-20)23-21-9-5-4-6-18(21)14-15-26-23;/h1-15,22H,16,25H2;. The minimum Gasteiger partial charge on any atom is -0.426 e. The van der Waals surface area contributed by atoms with E-state index in [1.807, 2.05) is 72.8 Å². The van der Waals surface area contributed by atoms with Crippen LogP contribution < -0.4 is 10.5 Å². The molecule has 4 rings (SSSR count). The van der Waals surface area contributed by atoms with Crippen LogP contribution in [0, 0.1) is 0 Å².